The minimum Gasteiger partial charge on any atom is -0.484 e. The van der Waals surface area contributed by atoms with E-state index in [0.717, 1.165) is 5.56 Å². The standard InChI is InChI=1S/C22H27NO4/c1-5-26-21(25)18-11-13-19(14-12-18)27-16-20(24)23(22(2,3)4)15-17-9-7-6-8-10-17/h6-14H,5,15-16H2,1-4H3. The number of hydrogen-bond donors (Lipinski definition) is 0. The van der Waals surface area contributed by atoms with E-state index in [1.165, 1.54) is 0 Å². The van der Waals surface area contributed by atoms with Crippen LogP contribution in [0.3, 0.4) is 0 Å². The molecule has 0 saturated carbocycles. The quantitative estimate of drug-likeness (QED) is 0.691. The molecular weight excluding hydrogens is 342 g/mol. The maximum atomic E-state index is 12.8. The van der Waals surface area contributed by atoms with Gasteiger partial charge >= 0.3 is 5.97 Å². The molecule has 27 heavy (non-hydrogen) atoms. The van der Waals surface area contributed by atoms with Crippen LogP contribution in [0.15, 0.2) is 54.6 Å². The molecule has 0 saturated heterocycles. The zero-order valence-corrected chi connectivity index (χ0v) is 16.4. The van der Waals surface area contributed by atoms with E-state index in [2.05, 4.69) is 0 Å². The highest BCUT2D eigenvalue weighted by Crippen LogP contribution is 2.19. The third-order valence-corrected chi connectivity index (χ3v) is 4.02. The summed E-state index contributed by atoms with van der Waals surface area (Å²) in [6.45, 7) is 8.55. The van der Waals surface area contributed by atoms with E-state index in [0.29, 0.717) is 24.5 Å². The Balaban J connectivity index is 2.00. The van der Waals surface area contributed by atoms with Crippen LogP contribution in [0.25, 0.3) is 0 Å². The molecule has 5 nitrogen and oxygen atoms in total. The van der Waals surface area contributed by atoms with Gasteiger partial charge in [-0.2, -0.15) is 0 Å². The van der Waals surface area contributed by atoms with E-state index < -0.39 is 0 Å². The summed E-state index contributed by atoms with van der Waals surface area (Å²) in [6, 6.07) is 16.5. The third kappa shape index (κ3) is 6.13. The molecule has 2 aromatic rings. The number of nitrogens with zero attached hydrogens (tertiary/aromatic N) is 1. The van der Waals surface area contributed by atoms with Crippen LogP contribution in [-0.2, 0) is 16.1 Å². The Kier molecular flexibility index (Phi) is 6.99. The molecule has 0 aliphatic heterocycles. The van der Waals surface area contributed by atoms with Gasteiger partial charge in [-0.15, -0.1) is 0 Å². The Labute approximate surface area is 160 Å². The first-order valence-corrected chi connectivity index (χ1v) is 9.05. The summed E-state index contributed by atoms with van der Waals surface area (Å²) >= 11 is 0. The molecule has 0 N–H and O–H groups in total. The van der Waals surface area contributed by atoms with Gasteiger partial charge in [-0.05, 0) is 57.5 Å². The number of rotatable bonds is 7. The second-order valence-electron chi connectivity index (χ2n) is 7.17. The monoisotopic (exact) mass is 369 g/mol. The van der Waals surface area contributed by atoms with Gasteiger partial charge in [-0.3, -0.25) is 4.79 Å². The third-order valence-electron chi connectivity index (χ3n) is 4.02. The summed E-state index contributed by atoms with van der Waals surface area (Å²) in [7, 11) is 0. The number of ether oxygens (including phenoxy) is 2. The van der Waals surface area contributed by atoms with Gasteiger partial charge in [-0.25, -0.2) is 4.79 Å². The van der Waals surface area contributed by atoms with Crippen molar-refractivity contribution >= 4 is 11.9 Å². The summed E-state index contributed by atoms with van der Waals surface area (Å²) in [5, 5.41) is 0. The first-order valence-electron chi connectivity index (χ1n) is 9.05. The lowest BCUT2D eigenvalue weighted by molar-refractivity contribution is -0.139. The predicted molar refractivity (Wildman–Crippen MR) is 105 cm³/mol. The zero-order chi connectivity index (χ0) is 19.9. The summed E-state index contributed by atoms with van der Waals surface area (Å²) in [5.41, 5.74) is 1.19. The SMILES string of the molecule is CCOC(=O)c1ccc(OCC(=O)N(Cc2ccccc2)C(C)(C)C)cc1. The fraction of sp³-hybridized carbons (Fsp3) is 0.364. The smallest absolute Gasteiger partial charge is 0.338 e. The van der Waals surface area contributed by atoms with Gasteiger partial charge in [-0.1, -0.05) is 30.3 Å². The van der Waals surface area contributed by atoms with Crippen molar-refractivity contribution in [2.24, 2.45) is 0 Å². The van der Waals surface area contributed by atoms with Gasteiger partial charge in [0.15, 0.2) is 6.61 Å². The average molecular weight is 369 g/mol. The molecule has 2 rings (SSSR count). The number of esters is 1. The number of carbonyl (C=O) groups excluding carboxylic acids is 2. The highest BCUT2D eigenvalue weighted by Gasteiger charge is 2.26. The largest absolute Gasteiger partial charge is 0.484 e. The van der Waals surface area contributed by atoms with Crippen molar-refractivity contribution in [1.82, 2.24) is 4.90 Å². The van der Waals surface area contributed by atoms with Gasteiger partial charge in [0, 0.05) is 12.1 Å². The Bertz CT molecular complexity index is 748. The normalized spacial score (nSPS) is 11.0. The molecule has 0 fully saturated rings. The second kappa shape index (κ2) is 9.21. The van der Waals surface area contributed by atoms with Crippen molar-refractivity contribution in [3.8, 4) is 5.75 Å². The molecule has 5 heteroatoms. The van der Waals surface area contributed by atoms with Crippen LogP contribution in [0, 0.1) is 0 Å². The van der Waals surface area contributed by atoms with Crippen molar-refractivity contribution in [3.05, 3.63) is 65.7 Å². The van der Waals surface area contributed by atoms with Gasteiger partial charge in [0.1, 0.15) is 5.75 Å². The number of benzene rings is 2. The molecule has 0 unspecified atom stereocenters. The van der Waals surface area contributed by atoms with E-state index in [9.17, 15) is 9.59 Å². The molecule has 0 spiro atoms. The average Bonchev–Trinajstić information content (AvgIpc) is 2.65. The number of carbonyl (C=O) groups is 2. The molecular formula is C22H27NO4. The molecule has 144 valence electrons. The number of amides is 1. The van der Waals surface area contributed by atoms with E-state index >= 15 is 0 Å². The first-order chi connectivity index (χ1) is 12.8. The Morgan fingerprint density at radius 3 is 2.15 bits per heavy atom. The number of hydrogen-bond acceptors (Lipinski definition) is 4. The minimum atomic E-state index is -0.373. The molecule has 0 atom stereocenters. The van der Waals surface area contributed by atoms with Gasteiger partial charge in [0.05, 0.1) is 12.2 Å². The fourth-order valence-electron chi connectivity index (χ4n) is 2.59. The fourth-order valence-corrected chi connectivity index (χ4v) is 2.59. The summed E-state index contributed by atoms with van der Waals surface area (Å²) in [5.74, 6) is 0.0627. The highest BCUT2D eigenvalue weighted by molar-refractivity contribution is 5.89. The van der Waals surface area contributed by atoms with Crippen LogP contribution in [0.5, 0.6) is 5.75 Å². The van der Waals surface area contributed by atoms with Crippen LogP contribution in [-0.4, -0.2) is 35.5 Å². The van der Waals surface area contributed by atoms with Crippen molar-refractivity contribution < 1.29 is 19.1 Å². The molecule has 0 bridgehead atoms. The maximum absolute atomic E-state index is 12.8. The van der Waals surface area contributed by atoms with Gasteiger partial charge in [0.25, 0.3) is 5.91 Å². The van der Waals surface area contributed by atoms with Gasteiger partial charge in [0.2, 0.25) is 0 Å². The zero-order valence-electron chi connectivity index (χ0n) is 16.4. The lowest BCUT2D eigenvalue weighted by Gasteiger charge is -2.35. The lowest BCUT2D eigenvalue weighted by Crippen LogP contribution is -2.47. The molecule has 0 aromatic heterocycles. The summed E-state index contributed by atoms with van der Waals surface area (Å²) < 4.78 is 10.6. The molecule has 0 radical (unpaired) electrons. The van der Waals surface area contributed by atoms with E-state index in [-0.39, 0.29) is 24.0 Å². The summed E-state index contributed by atoms with van der Waals surface area (Å²) in [6.07, 6.45) is 0. The molecule has 0 heterocycles. The van der Waals surface area contributed by atoms with Crippen molar-refractivity contribution in [3.63, 3.8) is 0 Å². The van der Waals surface area contributed by atoms with Crippen molar-refractivity contribution in [2.75, 3.05) is 13.2 Å². The van der Waals surface area contributed by atoms with Crippen LogP contribution in [0.2, 0.25) is 0 Å². The Morgan fingerprint density at radius 1 is 0.963 bits per heavy atom. The topological polar surface area (TPSA) is 55.8 Å². The van der Waals surface area contributed by atoms with Crippen LogP contribution in [0.4, 0.5) is 0 Å². The minimum absolute atomic E-state index is 0.0666. The molecule has 1 amide bonds. The lowest BCUT2D eigenvalue weighted by atomic mass is 10.0. The molecule has 2 aromatic carbocycles. The molecule has 0 aliphatic rings. The van der Waals surface area contributed by atoms with Gasteiger partial charge < -0.3 is 14.4 Å². The summed E-state index contributed by atoms with van der Waals surface area (Å²) in [4.78, 5) is 26.2. The highest BCUT2D eigenvalue weighted by atomic mass is 16.5. The van der Waals surface area contributed by atoms with E-state index in [1.54, 1.807) is 36.1 Å². The van der Waals surface area contributed by atoms with Crippen molar-refractivity contribution in [2.45, 2.75) is 39.8 Å². The predicted octanol–water partition coefficient (Wildman–Crippen LogP) is 4.07. The van der Waals surface area contributed by atoms with Crippen LogP contribution in [0.1, 0.15) is 43.6 Å². The first kappa shape index (κ1) is 20.5. The van der Waals surface area contributed by atoms with Crippen molar-refractivity contribution in [1.29, 1.82) is 0 Å². The van der Waals surface area contributed by atoms with Crippen LogP contribution < -0.4 is 4.74 Å². The Hall–Kier alpha value is -2.82. The van der Waals surface area contributed by atoms with E-state index in [4.69, 9.17) is 9.47 Å². The van der Waals surface area contributed by atoms with E-state index in [1.807, 2.05) is 51.1 Å². The van der Waals surface area contributed by atoms with Crippen LogP contribution >= 0.6 is 0 Å². The molecule has 0 aliphatic carbocycles. The second-order valence-corrected chi connectivity index (χ2v) is 7.17. The Morgan fingerprint density at radius 2 is 1.59 bits per heavy atom. The maximum Gasteiger partial charge on any atom is 0.338 e.